The SMILES string of the molecule is CCOCCOC(=O)C(C)(O)CN. The van der Waals surface area contributed by atoms with Gasteiger partial charge in [-0.1, -0.05) is 0 Å². The van der Waals surface area contributed by atoms with Crippen molar-refractivity contribution in [2.24, 2.45) is 5.73 Å². The van der Waals surface area contributed by atoms with Crippen LogP contribution in [0, 0.1) is 0 Å². The summed E-state index contributed by atoms with van der Waals surface area (Å²) in [5.41, 5.74) is 3.56. The summed E-state index contributed by atoms with van der Waals surface area (Å²) in [7, 11) is 0. The van der Waals surface area contributed by atoms with E-state index < -0.39 is 11.6 Å². The summed E-state index contributed by atoms with van der Waals surface area (Å²) in [6.45, 7) is 4.06. The molecule has 0 aliphatic carbocycles. The lowest BCUT2D eigenvalue weighted by Gasteiger charge is -2.18. The highest BCUT2D eigenvalue weighted by molar-refractivity contribution is 5.78. The predicted molar refractivity (Wildman–Crippen MR) is 47.1 cm³/mol. The van der Waals surface area contributed by atoms with Crippen molar-refractivity contribution in [1.29, 1.82) is 0 Å². The number of ether oxygens (including phenoxy) is 2. The van der Waals surface area contributed by atoms with Gasteiger partial charge in [0.15, 0.2) is 5.60 Å². The van der Waals surface area contributed by atoms with Crippen molar-refractivity contribution in [2.75, 3.05) is 26.4 Å². The van der Waals surface area contributed by atoms with E-state index in [4.69, 9.17) is 15.2 Å². The highest BCUT2D eigenvalue weighted by Crippen LogP contribution is 2.02. The van der Waals surface area contributed by atoms with Crippen LogP contribution in [-0.2, 0) is 14.3 Å². The Labute approximate surface area is 77.8 Å². The molecule has 0 bridgehead atoms. The van der Waals surface area contributed by atoms with Gasteiger partial charge in [-0.2, -0.15) is 0 Å². The lowest BCUT2D eigenvalue weighted by atomic mass is 10.1. The molecule has 78 valence electrons. The maximum absolute atomic E-state index is 11.1. The Bertz CT molecular complexity index is 158. The minimum absolute atomic E-state index is 0.142. The quantitative estimate of drug-likeness (QED) is 0.427. The predicted octanol–water partition coefficient (Wildman–Crippen LogP) is -0.724. The molecule has 0 aliphatic heterocycles. The fraction of sp³-hybridized carbons (Fsp3) is 0.875. The first-order valence-corrected chi connectivity index (χ1v) is 4.22. The van der Waals surface area contributed by atoms with Crippen LogP contribution in [0.2, 0.25) is 0 Å². The first-order valence-electron chi connectivity index (χ1n) is 4.22. The third-order valence-corrected chi connectivity index (χ3v) is 1.50. The van der Waals surface area contributed by atoms with Crippen molar-refractivity contribution in [3.05, 3.63) is 0 Å². The zero-order valence-electron chi connectivity index (χ0n) is 8.08. The van der Waals surface area contributed by atoms with E-state index in [0.717, 1.165) is 0 Å². The number of aliphatic hydroxyl groups is 1. The minimum atomic E-state index is -1.59. The zero-order chi connectivity index (χ0) is 10.3. The monoisotopic (exact) mass is 191 g/mol. The summed E-state index contributed by atoms with van der Waals surface area (Å²) in [4.78, 5) is 11.1. The number of nitrogens with two attached hydrogens (primary N) is 1. The van der Waals surface area contributed by atoms with Gasteiger partial charge in [-0.25, -0.2) is 4.79 Å². The molecule has 0 saturated heterocycles. The summed E-state index contributed by atoms with van der Waals surface area (Å²) < 4.78 is 9.65. The van der Waals surface area contributed by atoms with Crippen molar-refractivity contribution >= 4 is 5.97 Å². The van der Waals surface area contributed by atoms with E-state index in [1.165, 1.54) is 6.92 Å². The lowest BCUT2D eigenvalue weighted by Crippen LogP contribution is -2.44. The second kappa shape index (κ2) is 5.90. The van der Waals surface area contributed by atoms with Crippen LogP contribution in [0.15, 0.2) is 0 Å². The third-order valence-electron chi connectivity index (χ3n) is 1.50. The van der Waals surface area contributed by atoms with Crippen LogP contribution in [-0.4, -0.2) is 43.0 Å². The molecule has 1 atom stereocenters. The van der Waals surface area contributed by atoms with E-state index in [9.17, 15) is 9.90 Å². The van der Waals surface area contributed by atoms with Gasteiger partial charge in [-0.3, -0.25) is 0 Å². The van der Waals surface area contributed by atoms with Crippen molar-refractivity contribution in [1.82, 2.24) is 0 Å². The molecule has 0 fully saturated rings. The van der Waals surface area contributed by atoms with Gasteiger partial charge in [0.05, 0.1) is 6.61 Å². The van der Waals surface area contributed by atoms with Gasteiger partial charge in [0.1, 0.15) is 6.61 Å². The van der Waals surface area contributed by atoms with Gasteiger partial charge >= 0.3 is 5.97 Å². The molecule has 0 aromatic carbocycles. The Morgan fingerprint density at radius 2 is 2.15 bits per heavy atom. The van der Waals surface area contributed by atoms with Crippen LogP contribution in [0.25, 0.3) is 0 Å². The number of esters is 1. The first kappa shape index (κ1) is 12.3. The molecule has 0 aromatic heterocycles. The largest absolute Gasteiger partial charge is 0.461 e. The lowest BCUT2D eigenvalue weighted by molar-refractivity contribution is -0.164. The summed E-state index contributed by atoms with van der Waals surface area (Å²) in [5, 5.41) is 9.31. The number of rotatable bonds is 6. The molecular weight excluding hydrogens is 174 g/mol. The molecule has 0 rings (SSSR count). The van der Waals surface area contributed by atoms with Crippen molar-refractivity contribution in [3.8, 4) is 0 Å². The van der Waals surface area contributed by atoms with Gasteiger partial charge in [-0.15, -0.1) is 0 Å². The van der Waals surface area contributed by atoms with E-state index in [2.05, 4.69) is 0 Å². The van der Waals surface area contributed by atoms with Crippen LogP contribution in [0.4, 0.5) is 0 Å². The number of carbonyl (C=O) groups is 1. The maximum atomic E-state index is 11.1. The molecule has 13 heavy (non-hydrogen) atoms. The molecule has 5 heteroatoms. The van der Waals surface area contributed by atoms with Crippen molar-refractivity contribution in [2.45, 2.75) is 19.4 Å². The van der Waals surface area contributed by atoms with Crippen molar-refractivity contribution < 1.29 is 19.4 Å². The standard InChI is InChI=1S/C8H17NO4/c1-3-12-4-5-13-7(10)8(2,11)6-9/h11H,3-6,9H2,1-2H3. The van der Waals surface area contributed by atoms with Crippen LogP contribution in [0.1, 0.15) is 13.8 Å². The minimum Gasteiger partial charge on any atom is -0.461 e. The fourth-order valence-corrected chi connectivity index (χ4v) is 0.576. The van der Waals surface area contributed by atoms with Crippen molar-refractivity contribution in [3.63, 3.8) is 0 Å². The molecule has 0 saturated carbocycles. The van der Waals surface area contributed by atoms with Crippen LogP contribution < -0.4 is 5.73 Å². The normalized spacial score (nSPS) is 15.1. The molecular formula is C8H17NO4. The van der Waals surface area contributed by atoms with E-state index >= 15 is 0 Å². The molecule has 0 heterocycles. The zero-order valence-corrected chi connectivity index (χ0v) is 8.08. The first-order chi connectivity index (χ1) is 6.04. The summed E-state index contributed by atoms with van der Waals surface area (Å²) in [6.07, 6.45) is 0. The van der Waals surface area contributed by atoms with E-state index in [0.29, 0.717) is 13.2 Å². The Balaban J connectivity index is 3.62. The maximum Gasteiger partial charge on any atom is 0.339 e. The molecule has 1 unspecified atom stereocenters. The molecule has 0 aromatic rings. The summed E-state index contributed by atoms with van der Waals surface area (Å²) in [6, 6.07) is 0. The molecule has 0 spiro atoms. The number of hydrogen-bond acceptors (Lipinski definition) is 5. The Morgan fingerprint density at radius 1 is 1.54 bits per heavy atom. The van der Waals surface area contributed by atoms with E-state index in [-0.39, 0.29) is 13.2 Å². The number of carbonyl (C=O) groups excluding carboxylic acids is 1. The number of hydrogen-bond donors (Lipinski definition) is 2. The van der Waals surface area contributed by atoms with Crippen LogP contribution in [0.5, 0.6) is 0 Å². The van der Waals surface area contributed by atoms with Gasteiger partial charge in [0, 0.05) is 13.2 Å². The molecule has 3 N–H and O–H groups in total. The van der Waals surface area contributed by atoms with Crippen LogP contribution in [0.3, 0.4) is 0 Å². The van der Waals surface area contributed by atoms with Gasteiger partial charge < -0.3 is 20.3 Å². The highest BCUT2D eigenvalue weighted by Gasteiger charge is 2.29. The average molecular weight is 191 g/mol. The molecule has 0 amide bonds. The Kier molecular flexibility index (Phi) is 5.61. The molecule has 0 aliphatic rings. The highest BCUT2D eigenvalue weighted by atomic mass is 16.6. The van der Waals surface area contributed by atoms with Gasteiger partial charge in [0.2, 0.25) is 0 Å². The summed E-state index contributed by atoms with van der Waals surface area (Å²) in [5.74, 6) is -0.713. The van der Waals surface area contributed by atoms with Gasteiger partial charge in [-0.05, 0) is 13.8 Å². The summed E-state index contributed by atoms with van der Waals surface area (Å²) >= 11 is 0. The molecule has 0 radical (unpaired) electrons. The topological polar surface area (TPSA) is 81.8 Å². The van der Waals surface area contributed by atoms with Crippen LogP contribution >= 0.6 is 0 Å². The molecule has 5 nitrogen and oxygen atoms in total. The van der Waals surface area contributed by atoms with E-state index in [1.807, 2.05) is 6.92 Å². The van der Waals surface area contributed by atoms with Gasteiger partial charge in [0.25, 0.3) is 0 Å². The fourth-order valence-electron chi connectivity index (χ4n) is 0.576. The Hall–Kier alpha value is -0.650. The third kappa shape index (κ3) is 4.82. The van der Waals surface area contributed by atoms with E-state index in [1.54, 1.807) is 0 Å². The second-order valence-electron chi connectivity index (χ2n) is 2.81. The average Bonchev–Trinajstić information content (AvgIpc) is 2.12. The smallest absolute Gasteiger partial charge is 0.339 e. The Morgan fingerprint density at radius 3 is 2.62 bits per heavy atom. The second-order valence-corrected chi connectivity index (χ2v) is 2.81.